The van der Waals surface area contributed by atoms with E-state index in [4.69, 9.17) is 0 Å². The number of hydrogen-bond donors (Lipinski definition) is 1. The molecule has 4 aliphatic rings. The second-order valence-corrected chi connectivity index (χ2v) is 9.72. The summed E-state index contributed by atoms with van der Waals surface area (Å²) < 4.78 is 0. The predicted octanol–water partition coefficient (Wildman–Crippen LogP) is 5.57. The molecule has 0 aliphatic heterocycles. The largest absolute Gasteiger partial charge is 0.309 e. The first-order valence-corrected chi connectivity index (χ1v) is 10.2. The lowest BCUT2D eigenvalue weighted by molar-refractivity contribution is -0.115. The average Bonchev–Trinajstić information content (AvgIpc) is 3.16. The molecule has 2 heteroatoms. The molecule has 4 saturated carbocycles. The van der Waals surface area contributed by atoms with E-state index in [2.05, 4.69) is 37.5 Å². The molecule has 1 aromatic heterocycles. The Kier molecular flexibility index (Phi) is 3.89. The Morgan fingerprint density at radius 1 is 1.23 bits per heavy atom. The van der Waals surface area contributed by atoms with E-state index in [0.717, 1.165) is 36.3 Å². The summed E-state index contributed by atoms with van der Waals surface area (Å²) >= 11 is 1.98. The molecule has 22 heavy (non-hydrogen) atoms. The first-order chi connectivity index (χ1) is 10.6. The Morgan fingerprint density at radius 3 is 2.68 bits per heavy atom. The number of rotatable bonds is 4. The SMILES string of the molecule is C[C@H]1[C@H](NCc2sccc2C2CCCC2)C[C@H]2C[C@@H]1C2(C)C. The zero-order chi connectivity index (χ0) is 15.3. The normalized spacial score (nSPS) is 37.2. The van der Waals surface area contributed by atoms with Crippen molar-refractivity contribution >= 4 is 11.3 Å². The fourth-order valence-electron chi connectivity index (χ4n) is 5.74. The van der Waals surface area contributed by atoms with Gasteiger partial charge in [0.25, 0.3) is 0 Å². The molecule has 0 spiro atoms. The van der Waals surface area contributed by atoms with E-state index in [1.165, 1.54) is 38.5 Å². The molecule has 0 saturated heterocycles. The minimum Gasteiger partial charge on any atom is -0.309 e. The molecule has 0 aromatic carbocycles. The van der Waals surface area contributed by atoms with Gasteiger partial charge in [0.1, 0.15) is 0 Å². The van der Waals surface area contributed by atoms with Gasteiger partial charge in [-0.2, -0.15) is 0 Å². The molecule has 4 atom stereocenters. The maximum Gasteiger partial charge on any atom is 0.0305 e. The fourth-order valence-corrected chi connectivity index (χ4v) is 6.65. The molecule has 1 aromatic rings. The smallest absolute Gasteiger partial charge is 0.0305 e. The van der Waals surface area contributed by atoms with Crippen molar-refractivity contribution in [2.45, 2.75) is 77.8 Å². The van der Waals surface area contributed by atoms with Gasteiger partial charge >= 0.3 is 0 Å². The van der Waals surface area contributed by atoms with Crippen molar-refractivity contribution < 1.29 is 0 Å². The van der Waals surface area contributed by atoms with Gasteiger partial charge in [0.15, 0.2) is 0 Å². The van der Waals surface area contributed by atoms with Crippen LogP contribution in [0.5, 0.6) is 0 Å². The monoisotopic (exact) mass is 317 g/mol. The van der Waals surface area contributed by atoms with E-state index < -0.39 is 0 Å². The minimum atomic E-state index is 0.607. The Labute approximate surface area is 139 Å². The van der Waals surface area contributed by atoms with E-state index in [1.54, 1.807) is 10.4 Å². The van der Waals surface area contributed by atoms with E-state index in [0.29, 0.717) is 5.41 Å². The molecule has 4 fully saturated rings. The van der Waals surface area contributed by atoms with Crippen molar-refractivity contribution in [1.82, 2.24) is 5.32 Å². The average molecular weight is 318 g/mol. The topological polar surface area (TPSA) is 12.0 Å². The highest BCUT2D eigenvalue weighted by Gasteiger charge is 2.55. The van der Waals surface area contributed by atoms with Gasteiger partial charge in [-0.1, -0.05) is 33.6 Å². The Balaban J connectivity index is 1.39. The van der Waals surface area contributed by atoms with Gasteiger partial charge in [0, 0.05) is 17.5 Å². The van der Waals surface area contributed by atoms with Gasteiger partial charge in [0.2, 0.25) is 0 Å². The molecule has 122 valence electrons. The summed E-state index contributed by atoms with van der Waals surface area (Å²) in [5.74, 6) is 3.61. The summed E-state index contributed by atoms with van der Waals surface area (Å²) in [5, 5.41) is 6.26. The molecule has 1 heterocycles. The molecular weight excluding hydrogens is 286 g/mol. The van der Waals surface area contributed by atoms with Crippen LogP contribution in [-0.4, -0.2) is 6.04 Å². The second-order valence-electron chi connectivity index (χ2n) is 8.72. The van der Waals surface area contributed by atoms with Crippen LogP contribution in [0.3, 0.4) is 0 Å². The van der Waals surface area contributed by atoms with Crippen molar-refractivity contribution in [2.75, 3.05) is 0 Å². The second kappa shape index (κ2) is 5.63. The zero-order valence-corrected chi connectivity index (χ0v) is 15.2. The van der Waals surface area contributed by atoms with E-state index in [9.17, 15) is 0 Å². The van der Waals surface area contributed by atoms with Crippen LogP contribution in [0.15, 0.2) is 11.4 Å². The minimum absolute atomic E-state index is 0.607. The van der Waals surface area contributed by atoms with Gasteiger partial charge < -0.3 is 5.32 Å². The van der Waals surface area contributed by atoms with Crippen LogP contribution in [0.1, 0.15) is 75.7 Å². The summed E-state index contributed by atoms with van der Waals surface area (Å²) in [7, 11) is 0. The van der Waals surface area contributed by atoms with Crippen LogP contribution in [0.4, 0.5) is 0 Å². The number of fused-ring (bicyclic) bond motifs is 2. The molecule has 0 radical (unpaired) electrons. The maximum absolute atomic E-state index is 3.95. The molecule has 4 aliphatic carbocycles. The summed E-state index contributed by atoms with van der Waals surface area (Å²) in [6.45, 7) is 8.59. The molecular formula is C20H31NS. The molecule has 1 nitrogen and oxygen atoms in total. The summed E-state index contributed by atoms with van der Waals surface area (Å²) in [6.07, 6.45) is 8.59. The first-order valence-electron chi connectivity index (χ1n) is 9.37. The number of thiophene rings is 1. The molecule has 0 amide bonds. The van der Waals surface area contributed by atoms with Crippen molar-refractivity contribution in [3.05, 3.63) is 21.9 Å². The number of nitrogens with one attached hydrogen (secondary N) is 1. The van der Waals surface area contributed by atoms with E-state index in [-0.39, 0.29) is 0 Å². The van der Waals surface area contributed by atoms with Crippen molar-refractivity contribution in [1.29, 1.82) is 0 Å². The van der Waals surface area contributed by atoms with Gasteiger partial charge in [-0.05, 0) is 71.8 Å². The highest BCUT2D eigenvalue weighted by atomic mass is 32.1. The lowest BCUT2D eigenvalue weighted by Crippen LogP contribution is -2.59. The van der Waals surface area contributed by atoms with Crippen LogP contribution in [0.25, 0.3) is 0 Å². The Morgan fingerprint density at radius 2 is 2.00 bits per heavy atom. The van der Waals surface area contributed by atoms with E-state index in [1.807, 2.05) is 11.3 Å². The highest BCUT2D eigenvalue weighted by molar-refractivity contribution is 7.10. The quantitative estimate of drug-likeness (QED) is 0.766. The summed E-state index contributed by atoms with van der Waals surface area (Å²) in [6, 6.07) is 3.15. The summed E-state index contributed by atoms with van der Waals surface area (Å²) in [5.41, 5.74) is 2.28. The molecule has 0 unspecified atom stereocenters. The van der Waals surface area contributed by atoms with Crippen LogP contribution in [-0.2, 0) is 6.54 Å². The molecule has 1 N–H and O–H groups in total. The van der Waals surface area contributed by atoms with Gasteiger partial charge in [-0.25, -0.2) is 0 Å². The van der Waals surface area contributed by atoms with Crippen molar-refractivity contribution in [3.63, 3.8) is 0 Å². The van der Waals surface area contributed by atoms with Crippen molar-refractivity contribution in [2.24, 2.45) is 23.2 Å². The molecule has 2 bridgehead atoms. The third-order valence-electron chi connectivity index (χ3n) is 7.45. The third-order valence-corrected chi connectivity index (χ3v) is 8.39. The van der Waals surface area contributed by atoms with E-state index >= 15 is 0 Å². The van der Waals surface area contributed by atoms with Crippen LogP contribution in [0, 0.1) is 23.2 Å². The lowest BCUT2D eigenvalue weighted by atomic mass is 9.45. The summed E-state index contributed by atoms with van der Waals surface area (Å²) in [4.78, 5) is 1.62. The Bertz CT molecular complexity index is 526. The van der Waals surface area contributed by atoms with Crippen LogP contribution in [0.2, 0.25) is 0 Å². The number of hydrogen-bond acceptors (Lipinski definition) is 2. The van der Waals surface area contributed by atoms with Crippen molar-refractivity contribution in [3.8, 4) is 0 Å². The Hall–Kier alpha value is -0.340. The van der Waals surface area contributed by atoms with Gasteiger partial charge in [-0.3, -0.25) is 0 Å². The third kappa shape index (κ3) is 2.38. The molecule has 5 rings (SSSR count). The highest BCUT2D eigenvalue weighted by Crippen LogP contribution is 2.61. The maximum atomic E-state index is 3.95. The zero-order valence-electron chi connectivity index (χ0n) is 14.4. The van der Waals surface area contributed by atoms with Gasteiger partial charge in [-0.15, -0.1) is 11.3 Å². The van der Waals surface area contributed by atoms with Crippen LogP contribution >= 0.6 is 11.3 Å². The first kappa shape index (κ1) is 15.2. The van der Waals surface area contributed by atoms with Gasteiger partial charge in [0.05, 0.1) is 0 Å². The fraction of sp³-hybridized carbons (Fsp3) is 0.800. The standard InChI is InChI=1S/C20H31NS/c1-13-17-10-15(20(17,2)3)11-18(13)21-12-19-16(8-9-22-19)14-6-4-5-7-14/h8-9,13-15,17-18,21H,4-7,10-12H2,1-3H3/t13-,15-,17+,18-/m1/s1. The predicted molar refractivity (Wildman–Crippen MR) is 95.3 cm³/mol. The lowest BCUT2D eigenvalue weighted by Gasteiger charge is -2.62. The van der Waals surface area contributed by atoms with Crippen LogP contribution < -0.4 is 5.32 Å².